The molecule has 0 radical (unpaired) electrons. The van der Waals surface area contributed by atoms with E-state index in [9.17, 15) is 35.9 Å². The van der Waals surface area contributed by atoms with Crippen molar-refractivity contribution < 1.29 is 40.6 Å². The number of unbranched alkanes of at least 4 members (excludes halogenated alkanes) is 1. The molecule has 0 aromatic carbocycles. The number of alkyl halides is 4. The first-order valence-corrected chi connectivity index (χ1v) is 9.57. The third-order valence-corrected chi connectivity index (χ3v) is 5.28. The molecular weight excluding hydrogens is 356 g/mol. The summed E-state index contributed by atoms with van der Waals surface area (Å²) in [6.45, 7) is -0.196. The number of ether oxygens (including phenoxy) is 1. The molecule has 0 atom stereocenters. The average molecular weight is 378 g/mol. The van der Waals surface area contributed by atoms with Gasteiger partial charge in [0.25, 0.3) is 0 Å². The van der Waals surface area contributed by atoms with Crippen molar-refractivity contribution >= 4 is 15.8 Å². The summed E-state index contributed by atoms with van der Waals surface area (Å²) in [6.07, 6.45) is -0.209. The number of hydrogen-bond acceptors (Lipinski definition) is 5. The van der Waals surface area contributed by atoms with Crippen LogP contribution in [0.1, 0.15) is 44.9 Å². The molecule has 1 aliphatic carbocycles. The number of carbonyl (C=O) groups is 1. The minimum Gasteiger partial charge on any atom is -0.465 e. The van der Waals surface area contributed by atoms with E-state index in [0.717, 1.165) is 0 Å². The highest BCUT2D eigenvalue weighted by atomic mass is 32.2. The van der Waals surface area contributed by atoms with Gasteiger partial charge in [-0.1, -0.05) is 0 Å². The molecule has 1 aliphatic rings. The summed E-state index contributed by atoms with van der Waals surface area (Å²) in [4.78, 5) is 11.7. The molecule has 142 valence electrons. The van der Waals surface area contributed by atoms with Crippen LogP contribution in [0.3, 0.4) is 0 Å². The molecule has 0 spiro atoms. The van der Waals surface area contributed by atoms with Crippen LogP contribution in [0, 0.1) is 5.92 Å². The van der Waals surface area contributed by atoms with Crippen molar-refractivity contribution in [1.29, 1.82) is 0 Å². The van der Waals surface area contributed by atoms with E-state index in [2.05, 4.69) is 0 Å². The zero-order valence-electron chi connectivity index (χ0n) is 13.3. The van der Waals surface area contributed by atoms with Crippen LogP contribution in [0.2, 0.25) is 0 Å². The number of aliphatic hydroxyl groups excluding tert-OH is 1. The van der Waals surface area contributed by atoms with Crippen LogP contribution in [-0.2, 0) is 19.4 Å². The van der Waals surface area contributed by atoms with Gasteiger partial charge in [0.15, 0.2) is 0 Å². The fraction of sp³-hybridized carbons (Fsp3) is 0.929. The maximum absolute atomic E-state index is 13.4. The molecule has 0 aliphatic heterocycles. The Balaban J connectivity index is 2.32. The summed E-state index contributed by atoms with van der Waals surface area (Å²) in [5.41, 5.74) is 0. The molecular formula is C14H22F4O5S. The summed E-state index contributed by atoms with van der Waals surface area (Å²) in [5.74, 6) is -5.51. The van der Waals surface area contributed by atoms with Crippen LogP contribution in [0.15, 0.2) is 0 Å². The van der Waals surface area contributed by atoms with Crippen molar-refractivity contribution in [2.45, 2.75) is 62.2 Å². The van der Waals surface area contributed by atoms with Gasteiger partial charge in [-0.2, -0.15) is 17.6 Å². The van der Waals surface area contributed by atoms with E-state index in [0.29, 0.717) is 25.7 Å². The topological polar surface area (TPSA) is 80.7 Å². The molecule has 1 saturated carbocycles. The molecule has 10 heteroatoms. The minimum atomic E-state index is -5.22. The van der Waals surface area contributed by atoms with Gasteiger partial charge in [-0.15, -0.1) is 0 Å². The molecule has 1 rings (SSSR count). The van der Waals surface area contributed by atoms with E-state index in [4.69, 9.17) is 4.74 Å². The van der Waals surface area contributed by atoms with Crippen molar-refractivity contribution in [3.8, 4) is 0 Å². The molecule has 0 unspecified atom stereocenters. The lowest BCUT2D eigenvalue weighted by Gasteiger charge is -2.25. The second-order valence-electron chi connectivity index (χ2n) is 6.12. The molecule has 0 heterocycles. The van der Waals surface area contributed by atoms with Gasteiger partial charge < -0.3 is 9.84 Å². The van der Waals surface area contributed by atoms with Gasteiger partial charge in [0.1, 0.15) is 0 Å². The quantitative estimate of drug-likeness (QED) is 0.399. The Morgan fingerprint density at radius 3 is 2.17 bits per heavy atom. The van der Waals surface area contributed by atoms with Gasteiger partial charge in [-0.3, -0.25) is 4.79 Å². The number of hydrogen-bond donors (Lipinski definition) is 1. The Kier molecular flexibility index (Phi) is 7.04. The smallest absolute Gasteiger partial charge is 0.406 e. The predicted octanol–water partition coefficient (Wildman–Crippen LogP) is 2.52. The molecule has 1 fully saturated rings. The molecule has 0 aromatic rings. The highest BCUT2D eigenvalue weighted by molar-refractivity contribution is 7.91. The fourth-order valence-electron chi connectivity index (χ4n) is 2.47. The van der Waals surface area contributed by atoms with Gasteiger partial charge in [0, 0.05) is 12.7 Å². The van der Waals surface area contributed by atoms with Crippen molar-refractivity contribution in [2.24, 2.45) is 5.92 Å². The van der Waals surface area contributed by atoms with Crippen molar-refractivity contribution in [3.63, 3.8) is 0 Å². The Labute approximate surface area is 138 Å². The standard InChI is InChI=1S/C14H22F4O5S/c1-24(21,22)14(17,18)13(15,16)8-2-3-9-23-12(20)10-4-6-11(19)7-5-10/h10-11,19H,2-9H2,1H3. The first kappa shape index (κ1) is 21.1. The van der Waals surface area contributed by atoms with E-state index in [1.807, 2.05) is 0 Å². The molecule has 0 bridgehead atoms. The van der Waals surface area contributed by atoms with Crippen LogP contribution in [-0.4, -0.2) is 49.6 Å². The summed E-state index contributed by atoms with van der Waals surface area (Å²) in [5, 5.41) is 4.20. The third-order valence-electron chi connectivity index (χ3n) is 4.05. The lowest BCUT2D eigenvalue weighted by molar-refractivity contribution is -0.162. The summed E-state index contributed by atoms with van der Waals surface area (Å²) in [7, 11) is -5.22. The largest absolute Gasteiger partial charge is 0.465 e. The lowest BCUT2D eigenvalue weighted by atomic mass is 9.87. The molecule has 0 aromatic heterocycles. The maximum atomic E-state index is 13.4. The van der Waals surface area contributed by atoms with E-state index < -0.39 is 45.9 Å². The van der Waals surface area contributed by atoms with Crippen molar-refractivity contribution in [3.05, 3.63) is 0 Å². The summed E-state index contributed by atoms with van der Waals surface area (Å²) < 4.78 is 79.5. The highest BCUT2D eigenvalue weighted by Gasteiger charge is 2.62. The average Bonchev–Trinajstić information content (AvgIpc) is 2.46. The van der Waals surface area contributed by atoms with Crippen LogP contribution in [0.4, 0.5) is 17.6 Å². The maximum Gasteiger partial charge on any atom is 0.406 e. The van der Waals surface area contributed by atoms with Gasteiger partial charge in [-0.05, 0) is 38.5 Å². The number of halogens is 4. The molecule has 1 N–H and O–H groups in total. The highest BCUT2D eigenvalue weighted by Crippen LogP contribution is 2.41. The number of rotatable bonds is 8. The number of carbonyl (C=O) groups excluding carboxylic acids is 1. The first-order chi connectivity index (χ1) is 10.9. The molecule has 0 saturated heterocycles. The predicted molar refractivity (Wildman–Crippen MR) is 77.5 cm³/mol. The van der Waals surface area contributed by atoms with E-state index in [1.165, 1.54) is 0 Å². The Morgan fingerprint density at radius 2 is 1.67 bits per heavy atom. The third kappa shape index (κ3) is 5.30. The Hall–Kier alpha value is -0.900. The van der Waals surface area contributed by atoms with Gasteiger partial charge >= 0.3 is 17.1 Å². The Morgan fingerprint density at radius 1 is 1.12 bits per heavy atom. The molecule has 24 heavy (non-hydrogen) atoms. The summed E-state index contributed by atoms with van der Waals surface area (Å²) in [6, 6.07) is 0. The lowest BCUT2D eigenvalue weighted by Crippen LogP contribution is -2.46. The molecule has 5 nitrogen and oxygen atoms in total. The monoisotopic (exact) mass is 378 g/mol. The van der Waals surface area contributed by atoms with Gasteiger partial charge in [0.2, 0.25) is 9.84 Å². The minimum absolute atomic E-state index is 0.0593. The first-order valence-electron chi connectivity index (χ1n) is 7.68. The van der Waals surface area contributed by atoms with Crippen molar-refractivity contribution in [1.82, 2.24) is 0 Å². The normalized spacial score (nSPS) is 23.1. The molecule has 0 amide bonds. The van der Waals surface area contributed by atoms with Gasteiger partial charge in [-0.25, -0.2) is 8.42 Å². The van der Waals surface area contributed by atoms with E-state index >= 15 is 0 Å². The Bertz CT molecular complexity index is 527. The van der Waals surface area contributed by atoms with E-state index in [-0.39, 0.29) is 25.2 Å². The number of aliphatic hydroxyl groups is 1. The van der Waals surface area contributed by atoms with Crippen LogP contribution < -0.4 is 0 Å². The van der Waals surface area contributed by atoms with Crippen LogP contribution in [0.5, 0.6) is 0 Å². The fourth-order valence-corrected chi connectivity index (χ4v) is 3.11. The SMILES string of the molecule is CS(=O)(=O)C(F)(F)C(F)(F)CCCCOC(=O)C1CCC(O)CC1. The second-order valence-corrected chi connectivity index (χ2v) is 8.18. The van der Waals surface area contributed by atoms with E-state index in [1.54, 1.807) is 0 Å². The number of esters is 1. The van der Waals surface area contributed by atoms with Crippen molar-refractivity contribution in [2.75, 3.05) is 12.9 Å². The summed E-state index contributed by atoms with van der Waals surface area (Å²) >= 11 is 0. The van der Waals surface area contributed by atoms with Gasteiger partial charge in [0.05, 0.1) is 18.6 Å². The van der Waals surface area contributed by atoms with Crippen LogP contribution in [0.25, 0.3) is 0 Å². The zero-order chi connectivity index (χ0) is 18.6. The number of sulfone groups is 1. The zero-order valence-corrected chi connectivity index (χ0v) is 14.1. The van der Waals surface area contributed by atoms with Crippen LogP contribution >= 0.6 is 0 Å². The second kappa shape index (κ2) is 7.99.